The zero-order valence-corrected chi connectivity index (χ0v) is 7.34. The van der Waals surface area contributed by atoms with Gasteiger partial charge in [-0.3, -0.25) is 0 Å². The maximum atomic E-state index is 8.31. The second kappa shape index (κ2) is 3.60. The van der Waals surface area contributed by atoms with Crippen LogP contribution in [0.15, 0.2) is 17.4 Å². The van der Waals surface area contributed by atoms with E-state index >= 15 is 0 Å². The molecule has 0 aliphatic heterocycles. The van der Waals surface area contributed by atoms with Crippen molar-refractivity contribution in [3.63, 3.8) is 0 Å². The third-order valence-corrected chi connectivity index (χ3v) is 1.89. The SMILES string of the molecule is N/C(=N\O)c1cnc(Cl)c(Cl)c1. The number of halogens is 2. The highest BCUT2D eigenvalue weighted by Crippen LogP contribution is 2.19. The highest BCUT2D eigenvalue weighted by atomic mass is 35.5. The van der Waals surface area contributed by atoms with Gasteiger partial charge in [-0.25, -0.2) is 4.98 Å². The van der Waals surface area contributed by atoms with Gasteiger partial charge in [0.25, 0.3) is 0 Å². The first-order chi connectivity index (χ1) is 5.65. The molecule has 0 fully saturated rings. The van der Waals surface area contributed by atoms with E-state index in [1.807, 2.05) is 0 Å². The summed E-state index contributed by atoms with van der Waals surface area (Å²) < 4.78 is 0. The van der Waals surface area contributed by atoms with Crippen LogP contribution in [0, 0.1) is 0 Å². The van der Waals surface area contributed by atoms with E-state index in [4.69, 9.17) is 34.1 Å². The Balaban J connectivity index is 3.13. The second-order valence-electron chi connectivity index (χ2n) is 1.98. The summed E-state index contributed by atoms with van der Waals surface area (Å²) in [5.41, 5.74) is 5.69. The zero-order chi connectivity index (χ0) is 9.14. The van der Waals surface area contributed by atoms with Gasteiger partial charge in [0.05, 0.1) is 5.02 Å². The van der Waals surface area contributed by atoms with Crippen LogP contribution in [0.25, 0.3) is 0 Å². The first-order valence-corrected chi connectivity index (χ1v) is 3.69. The highest BCUT2D eigenvalue weighted by Gasteiger charge is 2.03. The Labute approximate surface area is 78.6 Å². The second-order valence-corrected chi connectivity index (χ2v) is 2.75. The molecule has 1 heterocycles. The third kappa shape index (κ3) is 1.78. The molecule has 0 saturated heterocycles. The fourth-order valence-corrected chi connectivity index (χ4v) is 0.889. The van der Waals surface area contributed by atoms with Crippen molar-refractivity contribution in [2.75, 3.05) is 0 Å². The maximum absolute atomic E-state index is 8.31. The molecule has 1 aromatic rings. The number of amidine groups is 1. The largest absolute Gasteiger partial charge is 0.409 e. The molecule has 4 nitrogen and oxygen atoms in total. The van der Waals surface area contributed by atoms with Gasteiger partial charge in [-0.2, -0.15) is 0 Å². The maximum Gasteiger partial charge on any atom is 0.171 e. The van der Waals surface area contributed by atoms with Crippen LogP contribution in [-0.2, 0) is 0 Å². The van der Waals surface area contributed by atoms with Crippen molar-refractivity contribution >= 4 is 29.0 Å². The summed E-state index contributed by atoms with van der Waals surface area (Å²) in [7, 11) is 0. The first-order valence-electron chi connectivity index (χ1n) is 2.94. The molecular weight excluding hydrogens is 201 g/mol. The van der Waals surface area contributed by atoms with Crippen LogP contribution in [0.4, 0.5) is 0 Å². The molecule has 0 aliphatic carbocycles. The van der Waals surface area contributed by atoms with Crippen LogP contribution in [-0.4, -0.2) is 16.0 Å². The van der Waals surface area contributed by atoms with Gasteiger partial charge < -0.3 is 10.9 Å². The van der Waals surface area contributed by atoms with E-state index in [9.17, 15) is 0 Å². The van der Waals surface area contributed by atoms with Gasteiger partial charge >= 0.3 is 0 Å². The van der Waals surface area contributed by atoms with Crippen molar-refractivity contribution in [1.29, 1.82) is 0 Å². The van der Waals surface area contributed by atoms with Crippen molar-refractivity contribution < 1.29 is 5.21 Å². The fourth-order valence-electron chi connectivity index (χ4n) is 0.619. The Morgan fingerprint density at radius 1 is 1.58 bits per heavy atom. The van der Waals surface area contributed by atoms with Gasteiger partial charge in [-0.1, -0.05) is 28.4 Å². The summed E-state index contributed by atoms with van der Waals surface area (Å²) in [6.07, 6.45) is 1.36. The van der Waals surface area contributed by atoms with Gasteiger partial charge in [-0.15, -0.1) is 0 Å². The molecule has 12 heavy (non-hydrogen) atoms. The zero-order valence-electron chi connectivity index (χ0n) is 5.83. The van der Waals surface area contributed by atoms with Crippen LogP contribution in [0.5, 0.6) is 0 Å². The van der Waals surface area contributed by atoms with Crippen LogP contribution in [0.1, 0.15) is 5.56 Å². The molecular formula is C6H5Cl2N3O. The topological polar surface area (TPSA) is 71.5 Å². The molecule has 0 aromatic carbocycles. The van der Waals surface area contributed by atoms with E-state index in [0.717, 1.165) is 0 Å². The molecule has 1 aromatic heterocycles. The Bertz CT molecular complexity index is 327. The molecule has 0 atom stereocenters. The summed E-state index contributed by atoms with van der Waals surface area (Å²) >= 11 is 11.2. The van der Waals surface area contributed by atoms with Crippen LogP contribution in [0.3, 0.4) is 0 Å². The van der Waals surface area contributed by atoms with E-state index in [1.165, 1.54) is 12.3 Å². The van der Waals surface area contributed by atoms with Gasteiger partial charge in [0.15, 0.2) is 5.84 Å². The van der Waals surface area contributed by atoms with Gasteiger partial charge in [-0.05, 0) is 6.07 Å². The smallest absolute Gasteiger partial charge is 0.171 e. The summed E-state index contributed by atoms with van der Waals surface area (Å²) in [6.45, 7) is 0. The summed E-state index contributed by atoms with van der Waals surface area (Å²) in [5.74, 6) is -0.0546. The van der Waals surface area contributed by atoms with Gasteiger partial charge in [0, 0.05) is 11.8 Å². The van der Waals surface area contributed by atoms with Crippen molar-refractivity contribution in [1.82, 2.24) is 4.98 Å². The molecule has 0 radical (unpaired) electrons. The number of aromatic nitrogens is 1. The molecule has 0 unspecified atom stereocenters. The summed E-state index contributed by atoms with van der Waals surface area (Å²) in [6, 6.07) is 1.46. The lowest BCUT2D eigenvalue weighted by Crippen LogP contribution is -2.13. The van der Waals surface area contributed by atoms with Crippen LogP contribution >= 0.6 is 23.2 Å². The van der Waals surface area contributed by atoms with E-state index < -0.39 is 0 Å². The molecule has 1 rings (SSSR count). The van der Waals surface area contributed by atoms with Gasteiger partial charge in [0.2, 0.25) is 0 Å². The number of pyridine rings is 1. The predicted octanol–water partition coefficient (Wildman–Crippen LogP) is 1.48. The average Bonchev–Trinajstić information content (AvgIpc) is 2.08. The average molecular weight is 206 g/mol. The van der Waals surface area contributed by atoms with E-state index in [-0.39, 0.29) is 16.0 Å². The lowest BCUT2D eigenvalue weighted by atomic mass is 10.3. The number of nitrogens with zero attached hydrogens (tertiary/aromatic N) is 2. The molecule has 0 spiro atoms. The minimum atomic E-state index is -0.0546. The van der Waals surface area contributed by atoms with E-state index in [1.54, 1.807) is 0 Å². The summed E-state index contributed by atoms with van der Waals surface area (Å²) in [4.78, 5) is 3.71. The number of hydrogen-bond donors (Lipinski definition) is 2. The number of hydrogen-bond acceptors (Lipinski definition) is 3. The minimum Gasteiger partial charge on any atom is -0.409 e. The monoisotopic (exact) mass is 205 g/mol. The Hall–Kier alpha value is -1.000. The highest BCUT2D eigenvalue weighted by molar-refractivity contribution is 6.41. The van der Waals surface area contributed by atoms with Crippen molar-refractivity contribution in [3.8, 4) is 0 Å². The molecule has 0 saturated carbocycles. The molecule has 6 heteroatoms. The standard InChI is InChI=1S/C6H5Cl2N3O/c7-4-1-3(6(9)11-12)2-10-5(4)8/h1-2,12H,(H2,9,11). The van der Waals surface area contributed by atoms with E-state index in [2.05, 4.69) is 10.1 Å². The molecule has 0 bridgehead atoms. The Morgan fingerprint density at radius 2 is 2.25 bits per heavy atom. The predicted molar refractivity (Wildman–Crippen MR) is 46.8 cm³/mol. The van der Waals surface area contributed by atoms with Gasteiger partial charge in [0.1, 0.15) is 5.15 Å². The number of oxime groups is 1. The van der Waals surface area contributed by atoms with E-state index in [0.29, 0.717) is 5.56 Å². The number of nitrogens with two attached hydrogens (primary N) is 1. The molecule has 64 valence electrons. The minimum absolute atomic E-state index is 0.0546. The van der Waals surface area contributed by atoms with Crippen molar-refractivity contribution in [2.24, 2.45) is 10.9 Å². The Kier molecular flexibility index (Phi) is 2.73. The quantitative estimate of drug-likeness (QED) is 0.240. The molecule has 3 N–H and O–H groups in total. The molecule has 0 amide bonds. The molecule has 0 aliphatic rings. The lowest BCUT2D eigenvalue weighted by Gasteiger charge is -1.98. The summed E-state index contributed by atoms with van der Waals surface area (Å²) in [5, 5.41) is 11.5. The Morgan fingerprint density at radius 3 is 2.75 bits per heavy atom. The van der Waals surface area contributed by atoms with Crippen molar-refractivity contribution in [2.45, 2.75) is 0 Å². The van der Waals surface area contributed by atoms with Crippen LogP contribution < -0.4 is 5.73 Å². The lowest BCUT2D eigenvalue weighted by molar-refractivity contribution is 0.318. The van der Waals surface area contributed by atoms with Crippen molar-refractivity contribution in [3.05, 3.63) is 28.0 Å². The van der Waals surface area contributed by atoms with Crippen LogP contribution in [0.2, 0.25) is 10.2 Å². The normalized spacial score (nSPS) is 11.7. The first kappa shape index (κ1) is 9.09. The fraction of sp³-hybridized carbons (Fsp3) is 0. The number of rotatable bonds is 1. The third-order valence-electron chi connectivity index (χ3n) is 1.20.